The van der Waals surface area contributed by atoms with Crippen LogP contribution in [0.3, 0.4) is 0 Å². The first-order valence-corrected chi connectivity index (χ1v) is 9.58. The van der Waals surface area contributed by atoms with Crippen molar-refractivity contribution in [3.63, 3.8) is 0 Å². The number of amidine groups is 1. The van der Waals surface area contributed by atoms with Crippen LogP contribution in [0, 0.1) is 0 Å². The summed E-state index contributed by atoms with van der Waals surface area (Å²) >= 11 is 6.03. The molecule has 0 saturated heterocycles. The fraction of sp³-hybridized carbons (Fsp3) is 0.333. The van der Waals surface area contributed by atoms with E-state index in [2.05, 4.69) is 4.99 Å². The zero-order valence-corrected chi connectivity index (χ0v) is 15.7. The monoisotopic (exact) mass is 384 g/mol. The second-order valence-electron chi connectivity index (χ2n) is 6.60. The van der Waals surface area contributed by atoms with Crippen LogP contribution >= 0.6 is 11.6 Å². The van der Waals surface area contributed by atoms with Crippen molar-refractivity contribution >= 4 is 28.9 Å². The van der Waals surface area contributed by atoms with Gasteiger partial charge in [0.1, 0.15) is 19.0 Å². The van der Waals surface area contributed by atoms with Crippen molar-refractivity contribution in [1.29, 1.82) is 0 Å². The molecular formula is C21H21ClN2O3. The Labute approximate surface area is 163 Å². The summed E-state index contributed by atoms with van der Waals surface area (Å²) in [7, 11) is 0. The second-order valence-corrected chi connectivity index (χ2v) is 7.04. The number of benzene rings is 2. The Balaban J connectivity index is 1.60. The predicted molar refractivity (Wildman–Crippen MR) is 107 cm³/mol. The van der Waals surface area contributed by atoms with E-state index >= 15 is 0 Å². The molecule has 0 amide bonds. The van der Waals surface area contributed by atoms with Crippen LogP contribution in [0.25, 0.3) is 0 Å². The van der Waals surface area contributed by atoms with E-state index in [1.165, 1.54) is 0 Å². The van der Waals surface area contributed by atoms with E-state index in [1.54, 1.807) is 18.2 Å². The summed E-state index contributed by atoms with van der Waals surface area (Å²) in [5.74, 6) is 2.27. The SMILES string of the molecule is O=C(CN(C1=NCCCC1)c1ccc(Cl)cc1)c1ccc2c(c1)OCCO2. The Morgan fingerprint density at radius 3 is 2.56 bits per heavy atom. The molecule has 0 fully saturated rings. The van der Waals surface area contributed by atoms with Gasteiger partial charge in [0, 0.05) is 29.2 Å². The third-order valence-corrected chi connectivity index (χ3v) is 4.97. The summed E-state index contributed by atoms with van der Waals surface area (Å²) in [5, 5.41) is 0.669. The van der Waals surface area contributed by atoms with Crippen molar-refractivity contribution in [2.24, 2.45) is 4.99 Å². The minimum Gasteiger partial charge on any atom is -0.486 e. The smallest absolute Gasteiger partial charge is 0.182 e. The lowest BCUT2D eigenvalue weighted by molar-refractivity contribution is 0.100. The van der Waals surface area contributed by atoms with Crippen molar-refractivity contribution in [3.8, 4) is 11.5 Å². The molecule has 4 rings (SSSR count). The van der Waals surface area contributed by atoms with Gasteiger partial charge in [-0.1, -0.05) is 11.6 Å². The highest BCUT2D eigenvalue weighted by atomic mass is 35.5. The molecule has 0 saturated carbocycles. The molecular weight excluding hydrogens is 364 g/mol. The maximum absolute atomic E-state index is 13.0. The van der Waals surface area contributed by atoms with Crippen LogP contribution in [-0.4, -0.2) is 37.9 Å². The zero-order chi connectivity index (χ0) is 18.6. The summed E-state index contributed by atoms with van der Waals surface area (Å²) < 4.78 is 11.1. The summed E-state index contributed by atoms with van der Waals surface area (Å²) in [6.45, 7) is 2.06. The number of ether oxygens (including phenoxy) is 2. The molecule has 0 bridgehead atoms. The van der Waals surface area contributed by atoms with Gasteiger partial charge < -0.3 is 14.4 Å². The lowest BCUT2D eigenvalue weighted by Crippen LogP contribution is -2.37. The third kappa shape index (κ3) is 4.08. The third-order valence-electron chi connectivity index (χ3n) is 4.72. The summed E-state index contributed by atoms with van der Waals surface area (Å²) in [6.07, 6.45) is 3.05. The standard InChI is InChI=1S/C21H21ClN2O3/c22-16-5-7-17(8-6-16)24(21-3-1-2-10-23-21)14-18(25)15-4-9-19-20(13-15)27-12-11-26-19/h4-9,13H,1-3,10-12,14H2. The molecule has 2 aromatic rings. The number of Topliss-reactive ketones (excluding diaryl/α,β-unsaturated/α-hetero) is 1. The maximum Gasteiger partial charge on any atom is 0.182 e. The summed E-state index contributed by atoms with van der Waals surface area (Å²) in [4.78, 5) is 19.7. The molecule has 2 aliphatic heterocycles. The Kier molecular flexibility index (Phi) is 5.30. The van der Waals surface area contributed by atoms with Crippen molar-refractivity contribution in [1.82, 2.24) is 0 Å². The Morgan fingerprint density at radius 1 is 1.04 bits per heavy atom. The number of nitrogens with zero attached hydrogens (tertiary/aromatic N) is 2. The van der Waals surface area contributed by atoms with Crippen LogP contribution in [0.4, 0.5) is 5.69 Å². The molecule has 140 valence electrons. The Bertz CT molecular complexity index is 864. The number of fused-ring (bicyclic) bond motifs is 1. The lowest BCUT2D eigenvalue weighted by Gasteiger charge is -2.28. The van der Waals surface area contributed by atoms with Gasteiger partial charge in [-0.25, -0.2) is 0 Å². The largest absolute Gasteiger partial charge is 0.486 e. The van der Waals surface area contributed by atoms with Crippen LogP contribution in [0.15, 0.2) is 47.5 Å². The molecule has 0 aromatic heterocycles. The molecule has 5 nitrogen and oxygen atoms in total. The van der Waals surface area contributed by atoms with E-state index in [0.717, 1.165) is 37.3 Å². The van der Waals surface area contributed by atoms with Crippen LogP contribution in [0.2, 0.25) is 5.02 Å². The van der Waals surface area contributed by atoms with E-state index in [9.17, 15) is 4.79 Å². The van der Waals surface area contributed by atoms with Gasteiger partial charge in [-0.3, -0.25) is 9.79 Å². The Hall–Kier alpha value is -2.53. The van der Waals surface area contributed by atoms with Gasteiger partial charge in [0.05, 0.1) is 6.54 Å². The molecule has 27 heavy (non-hydrogen) atoms. The van der Waals surface area contributed by atoms with E-state index in [0.29, 0.717) is 35.3 Å². The number of anilines is 1. The number of hydrogen-bond donors (Lipinski definition) is 0. The highest BCUT2D eigenvalue weighted by molar-refractivity contribution is 6.30. The highest BCUT2D eigenvalue weighted by Crippen LogP contribution is 2.31. The first kappa shape index (κ1) is 17.9. The van der Waals surface area contributed by atoms with E-state index in [-0.39, 0.29) is 12.3 Å². The first-order chi connectivity index (χ1) is 13.2. The van der Waals surface area contributed by atoms with E-state index in [1.807, 2.05) is 29.2 Å². The van der Waals surface area contributed by atoms with Crippen LogP contribution in [-0.2, 0) is 0 Å². The van der Waals surface area contributed by atoms with Crippen LogP contribution in [0.5, 0.6) is 11.5 Å². The molecule has 6 heteroatoms. The van der Waals surface area contributed by atoms with Gasteiger partial charge in [0.25, 0.3) is 0 Å². The minimum absolute atomic E-state index is 0.00944. The van der Waals surface area contributed by atoms with Gasteiger partial charge in [0.2, 0.25) is 0 Å². The molecule has 2 aliphatic rings. The fourth-order valence-corrected chi connectivity index (χ4v) is 3.43. The Morgan fingerprint density at radius 2 is 1.81 bits per heavy atom. The molecule has 0 aliphatic carbocycles. The minimum atomic E-state index is 0.00944. The quantitative estimate of drug-likeness (QED) is 0.734. The van der Waals surface area contributed by atoms with Gasteiger partial charge in [-0.15, -0.1) is 0 Å². The normalized spacial score (nSPS) is 15.8. The number of ketones is 1. The topological polar surface area (TPSA) is 51.1 Å². The molecule has 0 radical (unpaired) electrons. The van der Waals surface area contributed by atoms with E-state index in [4.69, 9.17) is 21.1 Å². The number of hydrogen-bond acceptors (Lipinski definition) is 5. The van der Waals surface area contributed by atoms with Crippen LogP contribution in [0.1, 0.15) is 29.6 Å². The molecule has 0 N–H and O–H groups in total. The van der Waals surface area contributed by atoms with Gasteiger partial charge in [-0.2, -0.15) is 0 Å². The fourth-order valence-electron chi connectivity index (χ4n) is 3.31. The van der Waals surface area contributed by atoms with Crippen molar-refractivity contribution < 1.29 is 14.3 Å². The van der Waals surface area contributed by atoms with Crippen molar-refractivity contribution in [2.75, 3.05) is 31.2 Å². The van der Waals surface area contributed by atoms with Gasteiger partial charge in [-0.05, 0) is 55.3 Å². The number of rotatable bonds is 4. The number of carbonyl (C=O) groups excluding carboxylic acids is 1. The van der Waals surface area contributed by atoms with Crippen LogP contribution < -0.4 is 14.4 Å². The highest BCUT2D eigenvalue weighted by Gasteiger charge is 2.21. The molecule has 0 atom stereocenters. The van der Waals surface area contributed by atoms with Gasteiger partial charge >= 0.3 is 0 Å². The molecule has 0 spiro atoms. The lowest BCUT2D eigenvalue weighted by atomic mass is 10.1. The predicted octanol–water partition coefficient (Wildman–Crippen LogP) is 4.38. The first-order valence-electron chi connectivity index (χ1n) is 9.20. The molecule has 0 unspecified atom stereocenters. The number of aliphatic imine (C=N–C) groups is 1. The summed E-state index contributed by atoms with van der Waals surface area (Å²) in [6, 6.07) is 12.9. The van der Waals surface area contributed by atoms with Crippen molar-refractivity contribution in [3.05, 3.63) is 53.1 Å². The second kappa shape index (κ2) is 8.01. The molecule has 2 aromatic carbocycles. The number of carbonyl (C=O) groups is 1. The van der Waals surface area contributed by atoms with Crippen molar-refractivity contribution in [2.45, 2.75) is 19.3 Å². The van der Waals surface area contributed by atoms with E-state index < -0.39 is 0 Å². The zero-order valence-electron chi connectivity index (χ0n) is 15.0. The molecule has 2 heterocycles. The summed E-state index contributed by atoms with van der Waals surface area (Å²) in [5.41, 5.74) is 1.53. The average Bonchev–Trinajstić information content (AvgIpc) is 2.73. The van der Waals surface area contributed by atoms with Gasteiger partial charge in [0.15, 0.2) is 17.3 Å². The maximum atomic E-state index is 13.0. The average molecular weight is 385 g/mol. The number of halogens is 1.